The summed E-state index contributed by atoms with van der Waals surface area (Å²) < 4.78 is 5.71. The predicted octanol–water partition coefficient (Wildman–Crippen LogP) is 4.25. The Balaban J connectivity index is 2.10. The summed E-state index contributed by atoms with van der Waals surface area (Å²) in [7, 11) is 0. The molecule has 0 bridgehead atoms. The summed E-state index contributed by atoms with van der Waals surface area (Å²) in [6.45, 7) is 9.62. The average Bonchev–Trinajstić information content (AvgIpc) is 2.54. The maximum absolute atomic E-state index is 12.5. The summed E-state index contributed by atoms with van der Waals surface area (Å²) in [6.07, 6.45) is 0.00802. The lowest BCUT2D eigenvalue weighted by molar-refractivity contribution is 0.0918. The van der Waals surface area contributed by atoms with Crippen molar-refractivity contribution in [2.45, 2.75) is 46.3 Å². The van der Waals surface area contributed by atoms with Gasteiger partial charge in [-0.3, -0.25) is 9.59 Å². The second kappa shape index (κ2) is 8.04. The molecule has 0 radical (unpaired) electrons. The number of carbonyl (C=O) groups is 2. The molecular weight excluding hydrogens is 328 g/mol. The zero-order valence-corrected chi connectivity index (χ0v) is 15.9. The van der Waals surface area contributed by atoms with Crippen LogP contribution < -0.4 is 15.4 Å². The molecule has 138 valence electrons. The first kappa shape index (κ1) is 19.5. The molecule has 0 unspecified atom stereocenters. The van der Waals surface area contributed by atoms with Gasteiger partial charge in [-0.25, -0.2) is 0 Å². The van der Waals surface area contributed by atoms with Crippen LogP contribution in [0.2, 0.25) is 0 Å². The fourth-order valence-electron chi connectivity index (χ4n) is 2.31. The first-order valence-corrected chi connectivity index (χ1v) is 8.65. The molecule has 2 amide bonds. The van der Waals surface area contributed by atoms with Crippen molar-refractivity contribution in [3.05, 3.63) is 59.7 Å². The highest BCUT2D eigenvalue weighted by Gasteiger charge is 2.16. The third-order valence-electron chi connectivity index (χ3n) is 3.40. The van der Waals surface area contributed by atoms with Crippen LogP contribution >= 0.6 is 0 Å². The minimum absolute atomic E-state index is 0.00802. The van der Waals surface area contributed by atoms with Crippen LogP contribution in [-0.4, -0.2) is 23.5 Å². The monoisotopic (exact) mass is 354 g/mol. The summed E-state index contributed by atoms with van der Waals surface area (Å²) in [4.78, 5) is 24.6. The van der Waals surface area contributed by atoms with Gasteiger partial charge in [0.25, 0.3) is 11.8 Å². The van der Waals surface area contributed by atoms with E-state index in [1.165, 1.54) is 0 Å². The number of anilines is 1. The normalized spacial score (nSPS) is 11.2. The van der Waals surface area contributed by atoms with E-state index in [9.17, 15) is 9.59 Å². The Morgan fingerprint density at radius 2 is 1.42 bits per heavy atom. The van der Waals surface area contributed by atoms with Gasteiger partial charge in [0, 0.05) is 16.7 Å². The smallest absolute Gasteiger partial charge is 0.255 e. The van der Waals surface area contributed by atoms with Crippen LogP contribution in [0.1, 0.15) is 55.3 Å². The van der Waals surface area contributed by atoms with Crippen molar-refractivity contribution in [3.8, 4) is 5.75 Å². The number of rotatable bonds is 5. The van der Waals surface area contributed by atoms with E-state index in [1.807, 2.05) is 52.8 Å². The molecule has 26 heavy (non-hydrogen) atoms. The topological polar surface area (TPSA) is 67.4 Å². The van der Waals surface area contributed by atoms with Crippen LogP contribution in [0.25, 0.3) is 0 Å². The van der Waals surface area contributed by atoms with Gasteiger partial charge in [0.2, 0.25) is 0 Å². The van der Waals surface area contributed by atoms with Crippen molar-refractivity contribution in [2.75, 3.05) is 5.32 Å². The minimum Gasteiger partial charge on any atom is -0.489 e. The van der Waals surface area contributed by atoms with E-state index in [4.69, 9.17) is 4.74 Å². The van der Waals surface area contributed by atoms with Crippen molar-refractivity contribution in [3.63, 3.8) is 0 Å². The Bertz CT molecular complexity index is 775. The van der Waals surface area contributed by atoms with Crippen LogP contribution in [0, 0.1) is 0 Å². The van der Waals surface area contributed by atoms with Crippen molar-refractivity contribution in [1.82, 2.24) is 5.32 Å². The lowest BCUT2D eigenvalue weighted by atomic mass is 10.1. The molecule has 0 atom stereocenters. The van der Waals surface area contributed by atoms with Gasteiger partial charge in [0.1, 0.15) is 5.75 Å². The van der Waals surface area contributed by atoms with Crippen LogP contribution in [-0.2, 0) is 0 Å². The molecule has 5 heteroatoms. The maximum Gasteiger partial charge on any atom is 0.255 e. The molecule has 2 rings (SSSR count). The number of nitrogens with one attached hydrogen (secondary N) is 2. The highest BCUT2D eigenvalue weighted by Crippen LogP contribution is 2.25. The molecule has 0 aliphatic rings. The fourth-order valence-corrected chi connectivity index (χ4v) is 2.31. The Labute approximate surface area is 154 Å². The summed E-state index contributed by atoms with van der Waals surface area (Å²) in [6, 6.07) is 13.9. The predicted molar refractivity (Wildman–Crippen MR) is 104 cm³/mol. The van der Waals surface area contributed by atoms with E-state index in [2.05, 4.69) is 10.6 Å². The highest BCUT2D eigenvalue weighted by molar-refractivity contribution is 6.05. The first-order chi connectivity index (χ1) is 12.2. The van der Waals surface area contributed by atoms with Gasteiger partial charge in [0.15, 0.2) is 0 Å². The molecule has 5 nitrogen and oxygen atoms in total. The first-order valence-electron chi connectivity index (χ1n) is 8.65. The number of amides is 2. The average molecular weight is 354 g/mol. The Kier molecular flexibility index (Phi) is 6.03. The van der Waals surface area contributed by atoms with Gasteiger partial charge in [-0.2, -0.15) is 0 Å². The van der Waals surface area contributed by atoms with Gasteiger partial charge in [-0.05, 0) is 71.0 Å². The third kappa shape index (κ3) is 5.62. The molecule has 0 spiro atoms. The number of hydrogen-bond donors (Lipinski definition) is 2. The Morgan fingerprint density at radius 1 is 0.885 bits per heavy atom. The largest absolute Gasteiger partial charge is 0.489 e. The molecule has 0 saturated heterocycles. The molecule has 0 aliphatic carbocycles. The summed E-state index contributed by atoms with van der Waals surface area (Å²) in [5, 5.41) is 5.75. The maximum atomic E-state index is 12.5. The highest BCUT2D eigenvalue weighted by atomic mass is 16.5. The van der Waals surface area contributed by atoms with Crippen LogP contribution in [0.4, 0.5) is 5.69 Å². The van der Waals surface area contributed by atoms with Gasteiger partial charge in [-0.1, -0.05) is 12.1 Å². The quantitative estimate of drug-likeness (QED) is 0.843. The van der Waals surface area contributed by atoms with Gasteiger partial charge >= 0.3 is 0 Å². The molecule has 0 aromatic heterocycles. The number of carbonyl (C=O) groups excluding carboxylic acids is 2. The minimum atomic E-state index is -0.312. The Hall–Kier alpha value is -2.82. The SMILES string of the molecule is CC(C)Oc1ccccc1NC(=O)c1ccc(C(=O)NC(C)(C)C)cc1. The van der Waals surface area contributed by atoms with E-state index >= 15 is 0 Å². The number of para-hydroxylation sites is 2. The lowest BCUT2D eigenvalue weighted by Crippen LogP contribution is -2.40. The molecule has 2 aromatic rings. The fraction of sp³-hybridized carbons (Fsp3) is 0.333. The number of ether oxygens (including phenoxy) is 1. The number of benzene rings is 2. The number of hydrogen-bond acceptors (Lipinski definition) is 3. The molecule has 2 N–H and O–H groups in total. The molecule has 0 saturated carbocycles. The summed E-state index contributed by atoms with van der Waals surface area (Å²) in [5.41, 5.74) is 1.28. The van der Waals surface area contributed by atoms with E-state index in [0.29, 0.717) is 22.6 Å². The van der Waals surface area contributed by atoms with Crippen molar-refractivity contribution in [2.24, 2.45) is 0 Å². The van der Waals surface area contributed by atoms with Gasteiger partial charge < -0.3 is 15.4 Å². The Morgan fingerprint density at radius 3 is 1.96 bits per heavy atom. The van der Waals surface area contributed by atoms with E-state index in [0.717, 1.165) is 0 Å². The van der Waals surface area contributed by atoms with Crippen LogP contribution in [0.3, 0.4) is 0 Å². The molecule has 0 fully saturated rings. The van der Waals surface area contributed by atoms with Crippen LogP contribution in [0.15, 0.2) is 48.5 Å². The van der Waals surface area contributed by atoms with Crippen molar-refractivity contribution >= 4 is 17.5 Å². The molecular formula is C21H26N2O3. The van der Waals surface area contributed by atoms with Gasteiger partial charge in [-0.15, -0.1) is 0 Å². The molecule has 0 heterocycles. The zero-order valence-electron chi connectivity index (χ0n) is 15.9. The van der Waals surface area contributed by atoms with Crippen LogP contribution in [0.5, 0.6) is 5.75 Å². The van der Waals surface area contributed by atoms with E-state index in [1.54, 1.807) is 30.3 Å². The van der Waals surface area contributed by atoms with Gasteiger partial charge in [0.05, 0.1) is 11.8 Å². The van der Waals surface area contributed by atoms with Crippen molar-refractivity contribution in [1.29, 1.82) is 0 Å². The zero-order chi connectivity index (χ0) is 19.3. The molecule has 2 aromatic carbocycles. The molecule has 0 aliphatic heterocycles. The second-order valence-electron chi connectivity index (χ2n) is 7.40. The third-order valence-corrected chi connectivity index (χ3v) is 3.40. The summed E-state index contributed by atoms with van der Waals surface area (Å²) >= 11 is 0. The second-order valence-corrected chi connectivity index (χ2v) is 7.40. The van der Waals surface area contributed by atoms with E-state index in [-0.39, 0.29) is 23.5 Å². The van der Waals surface area contributed by atoms with Crippen molar-refractivity contribution < 1.29 is 14.3 Å². The summed E-state index contributed by atoms with van der Waals surface area (Å²) in [5.74, 6) is 0.199. The lowest BCUT2D eigenvalue weighted by Gasteiger charge is -2.20. The van der Waals surface area contributed by atoms with E-state index < -0.39 is 0 Å². The standard InChI is InChI=1S/C21H26N2O3/c1-14(2)26-18-9-7-6-8-17(18)22-19(24)15-10-12-16(13-11-15)20(25)23-21(3,4)5/h6-14H,1-5H3,(H,22,24)(H,23,25).